The third-order valence-corrected chi connectivity index (χ3v) is 3.13. The zero-order valence-electron chi connectivity index (χ0n) is 11.8. The molecule has 0 aliphatic heterocycles. The van der Waals surface area contributed by atoms with Gasteiger partial charge in [-0.25, -0.2) is 0 Å². The number of aryl methyl sites for hydroxylation is 2. The molecule has 19 heavy (non-hydrogen) atoms. The molecule has 0 spiro atoms. The quantitative estimate of drug-likeness (QED) is 0.874. The van der Waals surface area contributed by atoms with Gasteiger partial charge in [0, 0.05) is 30.9 Å². The maximum Gasteiger partial charge on any atom is 0.146 e. The molecule has 0 unspecified atom stereocenters. The van der Waals surface area contributed by atoms with Gasteiger partial charge in [0.05, 0.1) is 19.3 Å². The Bertz CT molecular complexity index is 564. The summed E-state index contributed by atoms with van der Waals surface area (Å²) in [6.45, 7) is 5.36. The third kappa shape index (κ3) is 2.90. The molecule has 0 fully saturated rings. The molecule has 0 amide bonds. The number of aromatic nitrogens is 4. The van der Waals surface area contributed by atoms with E-state index in [1.54, 1.807) is 13.4 Å². The van der Waals surface area contributed by atoms with Crippen molar-refractivity contribution in [1.29, 1.82) is 0 Å². The predicted octanol–water partition coefficient (Wildman–Crippen LogP) is 1.13. The van der Waals surface area contributed by atoms with Gasteiger partial charge in [0.25, 0.3) is 0 Å². The lowest BCUT2D eigenvalue weighted by Crippen LogP contribution is -2.17. The summed E-state index contributed by atoms with van der Waals surface area (Å²) in [6.07, 6.45) is 3.53. The van der Waals surface area contributed by atoms with E-state index in [0.717, 1.165) is 28.4 Å². The number of nitrogens with zero attached hydrogens (tertiary/aromatic N) is 4. The highest BCUT2D eigenvalue weighted by atomic mass is 16.5. The van der Waals surface area contributed by atoms with Crippen molar-refractivity contribution >= 4 is 0 Å². The number of hydrogen-bond acceptors (Lipinski definition) is 5. The van der Waals surface area contributed by atoms with E-state index >= 15 is 0 Å². The summed E-state index contributed by atoms with van der Waals surface area (Å²) in [4.78, 5) is 4.44. The Balaban J connectivity index is 2.02. The van der Waals surface area contributed by atoms with Crippen molar-refractivity contribution in [3.05, 3.63) is 35.2 Å². The van der Waals surface area contributed by atoms with Crippen LogP contribution in [0, 0.1) is 13.8 Å². The van der Waals surface area contributed by atoms with Gasteiger partial charge in [-0.05, 0) is 13.8 Å². The van der Waals surface area contributed by atoms with E-state index in [9.17, 15) is 0 Å². The summed E-state index contributed by atoms with van der Waals surface area (Å²) in [6, 6.07) is 0. The van der Waals surface area contributed by atoms with E-state index in [4.69, 9.17) is 4.74 Å². The molecule has 1 N–H and O–H groups in total. The van der Waals surface area contributed by atoms with E-state index in [-0.39, 0.29) is 0 Å². The van der Waals surface area contributed by atoms with E-state index in [1.165, 1.54) is 0 Å². The van der Waals surface area contributed by atoms with Gasteiger partial charge in [0.1, 0.15) is 17.9 Å². The number of methoxy groups -OCH3 is 1. The molecular weight excluding hydrogens is 242 g/mol. The number of rotatable bonds is 5. The second-order valence-electron chi connectivity index (χ2n) is 4.51. The van der Waals surface area contributed by atoms with Gasteiger partial charge in [0.2, 0.25) is 0 Å². The molecule has 2 aromatic heterocycles. The maximum absolute atomic E-state index is 5.39. The fraction of sp³-hybridized carbons (Fsp3) is 0.462. The lowest BCUT2D eigenvalue weighted by Gasteiger charge is -2.12. The lowest BCUT2D eigenvalue weighted by molar-refractivity contribution is 0.406. The number of hydrogen-bond donors (Lipinski definition) is 1. The normalized spacial score (nSPS) is 10.7. The minimum absolute atomic E-state index is 0.661. The van der Waals surface area contributed by atoms with Crippen LogP contribution in [0.4, 0.5) is 0 Å². The first-order valence-corrected chi connectivity index (χ1v) is 6.16. The van der Waals surface area contributed by atoms with Crippen molar-refractivity contribution in [3.8, 4) is 5.75 Å². The second-order valence-corrected chi connectivity index (χ2v) is 4.51. The molecule has 0 atom stereocenters. The van der Waals surface area contributed by atoms with Gasteiger partial charge in [-0.2, -0.15) is 0 Å². The first-order chi connectivity index (χ1) is 9.13. The fourth-order valence-corrected chi connectivity index (χ4v) is 2.01. The van der Waals surface area contributed by atoms with E-state index in [2.05, 4.69) is 20.5 Å². The van der Waals surface area contributed by atoms with E-state index < -0.39 is 0 Å². The van der Waals surface area contributed by atoms with Crippen LogP contribution < -0.4 is 10.1 Å². The zero-order chi connectivity index (χ0) is 13.8. The Morgan fingerprint density at radius 2 is 2.11 bits per heavy atom. The van der Waals surface area contributed by atoms with Gasteiger partial charge in [0.15, 0.2) is 0 Å². The molecule has 2 heterocycles. The highest BCUT2D eigenvalue weighted by Gasteiger charge is 2.09. The molecule has 0 radical (unpaired) electrons. The molecule has 0 saturated heterocycles. The van der Waals surface area contributed by atoms with Gasteiger partial charge in [-0.1, -0.05) is 0 Å². The summed E-state index contributed by atoms with van der Waals surface area (Å²) in [7, 11) is 3.61. The van der Waals surface area contributed by atoms with Crippen LogP contribution in [-0.4, -0.2) is 26.9 Å². The summed E-state index contributed by atoms with van der Waals surface area (Å²) in [5.74, 6) is 1.81. The van der Waals surface area contributed by atoms with E-state index in [1.807, 2.05) is 31.7 Å². The summed E-state index contributed by atoms with van der Waals surface area (Å²) in [5, 5.41) is 11.2. The highest BCUT2D eigenvalue weighted by Crippen LogP contribution is 2.23. The highest BCUT2D eigenvalue weighted by molar-refractivity contribution is 5.40. The van der Waals surface area contributed by atoms with Crippen molar-refractivity contribution in [2.75, 3.05) is 7.11 Å². The first-order valence-electron chi connectivity index (χ1n) is 6.16. The average molecular weight is 261 g/mol. The molecule has 0 bridgehead atoms. The SMILES string of the molecule is COc1c(C)cnc(CNCc2nncn2C)c1C. The van der Waals surface area contributed by atoms with Crippen LogP contribution >= 0.6 is 0 Å². The minimum Gasteiger partial charge on any atom is -0.496 e. The third-order valence-electron chi connectivity index (χ3n) is 3.13. The van der Waals surface area contributed by atoms with Crippen molar-refractivity contribution in [2.24, 2.45) is 7.05 Å². The van der Waals surface area contributed by atoms with Crippen LogP contribution in [0.25, 0.3) is 0 Å². The monoisotopic (exact) mass is 261 g/mol. The summed E-state index contributed by atoms with van der Waals surface area (Å²) in [5.41, 5.74) is 3.12. The van der Waals surface area contributed by atoms with Gasteiger partial charge < -0.3 is 14.6 Å². The van der Waals surface area contributed by atoms with Crippen LogP contribution in [0.1, 0.15) is 22.6 Å². The van der Waals surface area contributed by atoms with Crippen LogP contribution in [0.3, 0.4) is 0 Å². The molecular formula is C13H19N5O. The van der Waals surface area contributed by atoms with Crippen LogP contribution in [0.5, 0.6) is 5.75 Å². The smallest absolute Gasteiger partial charge is 0.146 e. The van der Waals surface area contributed by atoms with Gasteiger partial charge >= 0.3 is 0 Å². The Morgan fingerprint density at radius 1 is 1.32 bits per heavy atom. The van der Waals surface area contributed by atoms with Gasteiger partial charge in [-0.3, -0.25) is 4.98 Å². The molecule has 6 nitrogen and oxygen atoms in total. The van der Waals surface area contributed by atoms with Crippen molar-refractivity contribution in [1.82, 2.24) is 25.1 Å². The van der Waals surface area contributed by atoms with Gasteiger partial charge in [-0.15, -0.1) is 10.2 Å². The lowest BCUT2D eigenvalue weighted by atomic mass is 10.1. The first kappa shape index (κ1) is 13.5. The van der Waals surface area contributed by atoms with E-state index in [0.29, 0.717) is 13.1 Å². The summed E-state index contributed by atoms with van der Waals surface area (Å²) < 4.78 is 7.29. The standard InChI is InChI=1S/C13H19N5O/c1-9-5-15-11(10(2)13(9)19-4)6-14-7-12-17-16-8-18(12)3/h5,8,14H,6-7H2,1-4H3. The molecule has 2 rings (SSSR count). The molecule has 0 aliphatic rings. The fourth-order valence-electron chi connectivity index (χ4n) is 2.01. The average Bonchev–Trinajstić information content (AvgIpc) is 2.79. The van der Waals surface area contributed by atoms with Crippen LogP contribution in [0.15, 0.2) is 12.5 Å². The van der Waals surface area contributed by atoms with Crippen molar-refractivity contribution < 1.29 is 4.74 Å². The topological polar surface area (TPSA) is 64.9 Å². The van der Waals surface area contributed by atoms with Crippen LogP contribution in [-0.2, 0) is 20.1 Å². The number of nitrogens with one attached hydrogen (secondary N) is 1. The number of ether oxygens (including phenoxy) is 1. The van der Waals surface area contributed by atoms with Crippen molar-refractivity contribution in [2.45, 2.75) is 26.9 Å². The molecule has 2 aromatic rings. The van der Waals surface area contributed by atoms with Crippen molar-refractivity contribution in [3.63, 3.8) is 0 Å². The molecule has 0 saturated carbocycles. The maximum atomic E-state index is 5.39. The molecule has 102 valence electrons. The Hall–Kier alpha value is -1.95. The Morgan fingerprint density at radius 3 is 2.74 bits per heavy atom. The summed E-state index contributed by atoms with van der Waals surface area (Å²) >= 11 is 0. The number of pyridine rings is 1. The Labute approximate surface area is 112 Å². The Kier molecular flexibility index (Phi) is 4.11. The predicted molar refractivity (Wildman–Crippen MR) is 71.8 cm³/mol. The second kappa shape index (κ2) is 5.79. The molecule has 0 aliphatic carbocycles. The minimum atomic E-state index is 0.661. The molecule has 0 aromatic carbocycles. The largest absolute Gasteiger partial charge is 0.496 e. The molecule has 6 heteroatoms. The van der Waals surface area contributed by atoms with Crippen LogP contribution in [0.2, 0.25) is 0 Å². The zero-order valence-corrected chi connectivity index (χ0v) is 11.8.